The van der Waals surface area contributed by atoms with Gasteiger partial charge in [0, 0.05) is 19.6 Å². The van der Waals surface area contributed by atoms with Crippen molar-refractivity contribution in [2.75, 3.05) is 19.6 Å². The largest absolute Gasteiger partial charge is 0.481 e. The fourth-order valence-electron chi connectivity index (χ4n) is 3.09. The first kappa shape index (κ1) is 16.1. The van der Waals surface area contributed by atoms with Crippen molar-refractivity contribution in [3.05, 3.63) is 0 Å². The normalized spacial score (nSPS) is 26.5. The Balaban J connectivity index is 1.83. The molecular formula is C15H26N2O4. The summed E-state index contributed by atoms with van der Waals surface area (Å²) in [6.45, 7) is 7.41. The van der Waals surface area contributed by atoms with Crippen LogP contribution in [-0.4, -0.2) is 53.8 Å². The number of ether oxygens (including phenoxy) is 1. The molecular weight excluding hydrogens is 272 g/mol. The summed E-state index contributed by atoms with van der Waals surface area (Å²) >= 11 is 0. The highest BCUT2D eigenvalue weighted by molar-refractivity contribution is 5.76. The number of aliphatic carboxylic acids is 1. The Labute approximate surface area is 125 Å². The van der Waals surface area contributed by atoms with Gasteiger partial charge in [0.05, 0.1) is 18.1 Å². The molecule has 2 aliphatic rings. The second-order valence-corrected chi connectivity index (χ2v) is 7.35. The average molecular weight is 298 g/mol. The van der Waals surface area contributed by atoms with Crippen LogP contribution in [0, 0.1) is 11.3 Å². The molecule has 0 aliphatic carbocycles. The van der Waals surface area contributed by atoms with E-state index in [4.69, 9.17) is 4.74 Å². The minimum atomic E-state index is -0.854. The van der Waals surface area contributed by atoms with Crippen LogP contribution in [0.3, 0.4) is 0 Å². The van der Waals surface area contributed by atoms with Gasteiger partial charge in [0.1, 0.15) is 0 Å². The first-order valence-corrected chi connectivity index (χ1v) is 7.65. The zero-order chi connectivity index (χ0) is 15.6. The number of amides is 2. The molecule has 2 bridgehead atoms. The maximum Gasteiger partial charge on any atom is 0.317 e. The van der Waals surface area contributed by atoms with Crippen LogP contribution in [0.1, 0.15) is 40.0 Å². The first-order chi connectivity index (χ1) is 9.74. The highest BCUT2D eigenvalue weighted by Gasteiger charge is 2.36. The Bertz CT molecular complexity index is 393. The van der Waals surface area contributed by atoms with E-state index in [1.54, 1.807) is 4.90 Å². The van der Waals surface area contributed by atoms with E-state index in [0.29, 0.717) is 19.5 Å². The minimum Gasteiger partial charge on any atom is -0.481 e. The molecule has 0 saturated carbocycles. The van der Waals surface area contributed by atoms with Crippen LogP contribution in [0.15, 0.2) is 0 Å². The minimum absolute atomic E-state index is 0.0775. The summed E-state index contributed by atoms with van der Waals surface area (Å²) in [5, 5.41) is 12.0. The number of morpholine rings is 1. The molecule has 2 aliphatic heterocycles. The molecule has 21 heavy (non-hydrogen) atoms. The zero-order valence-electron chi connectivity index (χ0n) is 13.1. The van der Waals surface area contributed by atoms with Gasteiger partial charge in [-0.2, -0.15) is 0 Å². The van der Waals surface area contributed by atoms with Crippen molar-refractivity contribution in [3.8, 4) is 0 Å². The lowest BCUT2D eigenvalue weighted by atomic mass is 9.84. The molecule has 2 heterocycles. The Morgan fingerprint density at radius 1 is 1.29 bits per heavy atom. The van der Waals surface area contributed by atoms with Gasteiger partial charge >= 0.3 is 12.0 Å². The van der Waals surface area contributed by atoms with E-state index in [9.17, 15) is 14.7 Å². The molecule has 2 amide bonds. The highest BCUT2D eigenvalue weighted by Crippen LogP contribution is 2.26. The lowest BCUT2D eigenvalue weighted by Crippen LogP contribution is -2.51. The summed E-state index contributed by atoms with van der Waals surface area (Å²) in [5.41, 5.74) is -0.0775. The lowest BCUT2D eigenvalue weighted by Gasteiger charge is -2.32. The number of carbonyl (C=O) groups is 2. The Hall–Kier alpha value is -1.30. The summed E-state index contributed by atoms with van der Waals surface area (Å²) in [7, 11) is 0. The summed E-state index contributed by atoms with van der Waals surface area (Å²) in [4.78, 5) is 25.2. The third-order valence-electron chi connectivity index (χ3n) is 4.04. The number of carboxylic acids is 1. The molecule has 2 N–H and O–H groups in total. The lowest BCUT2D eigenvalue weighted by molar-refractivity contribution is -0.142. The number of likely N-dealkylation sites (tertiary alicyclic amines) is 1. The Morgan fingerprint density at radius 3 is 2.33 bits per heavy atom. The smallest absolute Gasteiger partial charge is 0.317 e. The van der Waals surface area contributed by atoms with Crippen LogP contribution < -0.4 is 5.32 Å². The number of hydrogen-bond donors (Lipinski definition) is 2. The maximum atomic E-state index is 12.2. The fraction of sp³-hybridized carbons (Fsp3) is 0.867. The highest BCUT2D eigenvalue weighted by atomic mass is 16.5. The van der Waals surface area contributed by atoms with Crippen LogP contribution in [0.25, 0.3) is 0 Å². The van der Waals surface area contributed by atoms with Crippen molar-refractivity contribution in [2.45, 2.75) is 52.2 Å². The van der Waals surface area contributed by atoms with E-state index in [1.165, 1.54) is 0 Å². The molecule has 6 nitrogen and oxygen atoms in total. The third kappa shape index (κ3) is 4.59. The third-order valence-corrected chi connectivity index (χ3v) is 4.04. The number of nitrogens with zero attached hydrogens (tertiary/aromatic N) is 1. The second kappa shape index (κ2) is 6.22. The van der Waals surface area contributed by atoms with Gasteiger partial charge in [-0.05, 0) is 24.7 Å². The summed E-state index contributed by atoms with van der Waals surface area (Å²) in [6, 6.07) is -0.171. The topological polar surface area (TPSA) is 78.9 Å². The molecule has 3 atom stereocenters. The standard InChI is InChI=1S/C15H26N2O4/c1-15(2,3)6-10(13(18)19)7-16-14(20)17-8-11-4-5-12(9-17)21-11/h10-12H,4-9H2,1-3H3,(H,16,20)(H,18,19). The van der Waals surface area contributed by atoms with E-state index >= 15 is 0 Å². The maximum absolute atomic E-state index is 12.2. The number of hydrogen-bond acceptors (Lipinski definition) is 3. The summed E-state index contributed by atoms with van der Waals surface area (Å²) < 4.78 is 5.69. The van der Waals surface area contributed by atoms with Gasteiger partial charge in [-0.15, -0.1) is 0 Å². The van der Waals surface area contributed by atoms with E-state index in [2.05, 4.69) is 5.32 Å². The number of carbonyl (C=O) groups excluding carboxylic acids is 1. The van der Waals surface area contributed by atoms with Gasteiger partial charge in [0.2, 0.25) is 0 Å². The molecule has 0 aromatic heterocycles. The average Bonchev–Trinajstić information content (AvgIpc) is 2.71. The van der Waals surface area contributed by atoms with Gasteiger partial charge in [-0.1, -0.05) is 20.8 Å². The van der Waals surface area contributed by atoms with E-state index in [0.717, 1.165) is 12.8 Å². The van der Waals surface area contributed by atoms with Crippen LogP contribution in [0.2, 0.25) is 0 Å². The van der Waals surface area contributed by atoms with E-state index in [1.807, 2.05) is 20.8 Å². The van der Waals surface area contributed by atoms with Gasteiger partial charge < -0.3 is 20.1 Å². The van der Waals surface area contributed by atoms with Gasteiger partial charge in [0.25, 0.3) is 0 Å². The molecule has 2 fully saturated rings. The molecule has 2 rings (SSSR count). The molecule has 2 saturated heterocycles. The van der Waals surface area contributed by atoms with Gasteiger partial charge in [-0.25, -0.2) is 4.79 Å². The van der Waals surface area contributed by atoms with Gasteiger partial charge in [-0.3, -0.25) is 4.79 Å². The van der Waals surface area contributed by atoms with Crippen molar-refractivity contribution in [2.24, 2.45) is 11.3 Å². The number of rotatable bonds is 4. The monoisotopic (exact) mass is 298 g/mol. The zero-order valence-corrected chi connectivity index (χ0v) is 13.1. The van der Waals surface area contributed by atoms with Crippen molar-refractivity contribution >= 4 is 12.0 Å². The SMILES string of the molecule is CC(C)(C)CC(CNC(=O)N1CC2CCC(C1)O2)C(=O)O. The molecule has 0 aromatic carbocycles. The predicted octanol–water partition coefficient (Wildman–Crippen LogP) is 1.70. The van der Waals surface area contributed by atoms with Crippen LogP contribution in [0.4, 0.5) is 4.79 Å². The van der Waals surface area contributed by atoms with Crippen LogP contribution >= 0.6 is 0 Å². The number of nitrogens with one attached hydrogen (secondary N) is 1. The molecule has 0 aromatic rings. The number of fused-ring (bicyclic) bond motifs is 2. The van der Waals surface area contributed by atoms with Crippen molar-refractivity contribution in [1.82, 2.24) is 10.2 Å². The summed E-state index contributed by atoms with van der Waals surface area (Å²) in [5.74, 6) is -1.40. The first-order valence-electron chi connectivity index (χ1n) is 7.65. The van der Waals surface area contributed by atoms with Gasteiger partial charge in [0.15, 0.2) is 0 Å². The molecule has 6 heteroatoms. The second-order valence-electron chi connectivity index (χ2n) is 7.35. The number of urea groups is 1. The van der Waals surface area contributed by atoms with Crippen molar-refractivity contribution < 1.29 is 19.4 Å². The molecule has 0 spiro atoms. The van der Waals surface area contributed by atoms with Crippen LogP contribution in [-0.2, 0) is 9.53 Å². The predicted molar refractivity (Wildman–Crippen MR) is 78.1 cm³/mol. The van der Waals surface area contributed by atoms with Crippen molar-refractivity contribution in [1.29, 1.82) is 0 Å². The molecule has 3 unspecified atom stereocenters. The fourth-order valence-corrected chi connectivity index (χ4v) is 3.09. The van der Waals surface area contributed by atoms with Crippen molar-refractivity contribution in [3.63, 3.8) is 0 Å². The quantitative estimate of drug-likeness (QED) is 0.828. The summed E-state index contributed by atoms with van der Waals surface area (Å²) in [6.07, 6.45) is 2.86. The van der Waals surface area contributed by atoms with E-state index in [-0.39, 0.29) is 30.2 Å². The Morgan fingerprint density at radius 2 is 1.86 bits per heavy atom. The van der Waals surface area contributed by atoms with E-state index < -0.39 is 11.9 Å². The van der Waals surface area contributed by atoms with Crippen LogP contribution in [0.5, 0.6) is 0 Å². The molecule has 0 radical (unpaired) electrons. The number of carboxylic acid groups (broad SMARTS) is 1. The Kier molecular flexibility index (Phi) is 4.76. The molecule has 120 valence electrons.